The smallest absolute Gasteiger partial charge is 0.248 e. The Labute approximate surface area is 94.9 Å². The standard InChI is InChI=1S/C12H16N2O2/c1-9-7-10(4-5-13-9)11-3-2-6-14(11)12(16)8-15/h4-5,7,11,15H,2-3,6,8H2,1H3. The van der Waals surface area contributed by atoms with Gasteiger partial charge in [0.2, 0.25) is 5.91 Å². The normalized spacial score (nSPS) is 20.1. The number of aryl methyl sites for hydroxylation is 1. The number of aromatic nitrogens is 1. The van der Waals surface area contributed by atoms with Crippen LogP contribution in [0.5, 0.6) is 0 Å². The van der Waals surface area contributed by atoms with Crippen molar-refractivity contribution < 1.29 is 9.90 Å². The highest BCUT2D eigenvalue weighted by atomic mass is 16.3. The first kappa shape index (κ1) is 11.1. The highest BCUT2D eigenvalue weighted by molar-refractivity contribution is 5.78. The van der Waals surface area contributed by atoms with Crippen LogP contribution in [0, 0.1) is 6.92 Å². The molecular formula is C12H16N2O2. The summed E-state index contributed by atoms with van der Waals surface area (Å²) in [7, 11) is 0. The molecule has 1 aliphatic rings. The molecule has 4 heteroatoms. The third kappa shape index (κ3) is 2.07. The fourth-order valence-electron chi connectivity index (χ4n) is 2.28. The topological polar surface area (TPSA) is 53.4 Å². The van der Waals surface area contributed by atoms with Gasteiger partial charge in [0.1, 0.15) is 6.61 Å². The van der Waals surface area contributed by atoms with Crippen LogP contribution in [0.2, 0.25) is 0 Å². The van der Waals surface area contributed by atoms with Crippen LogP contribution in [0.1, 0.15) is 30.1 Å². The van der Waals surface area contributed by atoms with E-state index in [1.165, 1.54) is 0 Å². The van der Waals surface area contributed by atoms with E-state index in [1.54, 1.807) is 11.1 Å². The lowest BCUT2D eigenvalue weighted by molar-refractivity contribution is -0.135. The number of aliphatic hydroxyl groups excluding tert-OH is 1. The largest absolute Gasteiger partial charge is 0.387 e. The number of hydrogen-bond acceptors (Lipinski definition) is 3. The molecule has 0 spiro atoms. The van der Waals surface area contributed by atoms with Crippen LogP contribution in [0.25, 0.3) is 0 Å². The van der Waals surface area contributed by atoms with Crippen molar-refractivity contribution >= 4 is 5.91 Å². The van der Waals surface area contributed by atoms with E-state index < -0.39 is 6.61 Å². The molecule has 2 heterocycles. The van der Waals surface area contributed by atoms with E-state index in [9.17, 15) is 4.79 Å². The lowest BCUT2D eigenvalue weighted by Crippen LogP contribution is -2.32. The number of hydrogen-bond donors (Lipinski definition) is 1. The zero-order valence-electron chi connectivity index (χ0n) is 9.39. The van der Waals surface area contributed by atoms with Crippen molar-refractivity contribution in [2.75, 3.05) is 13.2 Å². The zero-order chi connectivity index (χ0) is 11.5. The Balaban J connectivity index is 2.23. The molecular weight excluding hydrogens is 204 g/mol. The first-order chi connectivity index (χ1) is 7.72. The van der Waals surface area contributed by atoms with Crippen molar-refractivity contribution in [1.82, 2.24) is 9.88 Å². The fourth-order valence-corrected chi connectivity index (χ4v) is 2.28. The third-order valence-corrected chi connectivity index (χ3v) is 3.01. The lowest BCUT2D eigenvalue weighted by atomic mass is 10.1. The number of rotatable bonds is 2. The number of amides is 1. The first-order valence-electron chi connectivity index (χ1n) is 5.55. The summed E-state index contributed by atoms with van der Waals surface area (Å²) in [6.07, 6.45) is 3.73. The van der Waals surface area contributed by atoms with E-state index in [4.69, 9.17) is 5.11 Å². The van der Waals surface area contributed by atoms with Gasteiger partial charge in [0.25, 0.3) is 0 Å². The lowest BCUT2D eigenvalue weighted by Gasteiger charge is -2.24. The molecule has 2 rings (SSSR count). The maximum absolute atomic E-state index is 11.5. The summed E-state index contributed by atoms with van der Waals surface area (Å²) in [4.78, 5) is 17.5. The SMILES string of the molecule is Cc1cc(C2CCCN2C(=O)CO)ccn1. The van der Waals surface area contributed by atoms with Gasteiger partial charge in [-0.25, -0.2) is 0 Å². The predicted molar refractivity (Wildman–Crippen MR) is 59.7 cm³/mol. The Morgan fingerprint density at radius 2 is 2.50 bits per heavy atom. The third-order valence-electron chi connectivity index (χ3n) is 3.01. The van der Waals surface area contributed by atoms with E-state index in [1.807, 2.05) is 19.1 Å². The molecule has 1 unspecified atom stereocenters. The van der Waals surface area contributed by atoms with Crippen LogP contribution in [-0.4, -0.2) is 34.0 Å². The average molecular weight is 220 g/mol. The summed E-state index contributed by atoms with van der Waals surface area (Å²) in [5, 5.41) is 8.91. The van der Waals surface area contributed by atoms with Gasteiger partial charge in [0, 0.05) is 18.4 Å². The maximum Gasteiger partial charge on any atom is 0.248 e. The number of carbonyl (C=O) groups is 1. The predicted octanol–water partition coefficient (Wildman–Crippen LogP) is 1.05. The van der Waals surface area contributed by atoms with Gasteiger partial charge in [-0.3, -0.25) is 9.78 Å². The van der Waals surface area contributed by atoms with Crippen LogP contribution >= 0.6 is 0 Å². The molecule has 16 heavy (non-hydrogen) atoms. The second-order valence-corrected chi connectivity index (χ2v) is 4.13. The summed E-state index contributed by atoms with van der Waals surface area (Å²) in [5.41, 5.74) is 2.08. The molecule has 1 saturated heterocycles. The van der Waals surface area contributed by atoms with Gasteiger partial charge in [-0.05, 0) is 37.5 Å². The van der Waals surface area contributed by atoms with Gasteiger partial charge in [0.05, 0.1) is 6.04 Å². The minimum absolute atomic E-state index is 0.112. The molecule has 1 aromatic rings. The Morgan fingerprint density at radius 3 is 3.19 bits per heavy atom. The number of carbonyl (C=O) groups excluding carboxylic acids is 1. The van der Waals surface area contributed by atoms with E-state index in [0.29, 0.717) is 0 Å². The minimum atomic E-state index is -0.402. The molecule has 0 radical (unpaired) electrons. The minimum Gasteiger partial charge on any atom is -0.387 e. The molecule has 0 aliphatic carbocycles. The zero-order valence-corrected chi connectivity index (χ0v) is 9.39. The van der Waals surface area contributed by atoms with Gasteiger partial charge in [0.15, 0.2) is 0 Å². The molecule has 0 bridgehead atoms. The number of pyridine rings is 1. The van der Waals surface area contributed by atoms with Gasteiger partial charge in [-0.2, -0.15) is 0 Å². The van der Waals surface area contributed by atoms with Crippen LogP contribution in [0.15, 0.2) is 18.3 Å². The summed E-state index contributed by atoms with van der Waals surface area (Å²) in [6.45, 7) is 2.28. The van der Waals surface area contributed by atoms with Gasteiger partial charge < -0.3 is 10.0 Å². The molecule has 1 aliphatic heterocycles. The second-order valence-electron chi connectivity index (χ2n) is 4.13. The number of likely N-dealkylation sites (tertiary alicyclic amines) is 1. The molecule has 86 valence electrons. The summed E-state index contributed by atoms with van der Waals surface area (Å²) >= 11 is 0. The Bertz CT molecular complexity index is 392. The van der Waals surface area contributed by atoms with Crippen molar-refractivity contribution in [2.45, 2.75) is 25.8 Å². The van der Waals surface area contributed by atoms with Crippen molar-refractivity contribution in [3.63, 3.8) is 0 Å². The molecule has 1 fully saturated rings. The van der Waals surface area contributed by atoms with Crippen LogP contribution < -0.4 is 0 Å². The quantitative estimate of drug-likeness (QED) is 0.810. The molecule has 1 N–H and O–H groups in total. The van der Waals surface area contributed by atoms with Crippen molar-refractivity contribution in [3.05, 3.63) is 29.6 Å². The van der Waals surface area contributed by atoms with E-state index in [0.717, 1.165) is 30.6 Å². The summed E-state index contributed by atoms with van der Waals surface area (Å²) < 4.78 is 0. The molecule has 1 amide bonds. The van der Waals surface area contributed by atoms with Gasteiger partial charge in [-0.1, -0.05) is 0 Å². The summed E-state index contributed by atoms with van der Waals surface area (Å²) in [6, 6.07) is 4.07. The van der Waals surface area contributed by atoms with Crippen molar-refractivity contribution in [3.8, 4) is 0 Å². The van der Waals surface area contributed by atoms with E-state index >= 15 is 0 Å². The monoisotopic (exact) mass is 220 g/mol. The molecule has 0 saturated carbocycles. The summed E-state index contributed by atoms with van der Waals surface area (Å²) in [5.74, 6) is -0.183. The van der Waals surface area contributed by atoms with Crippen molar-refractivity contribution in [1.29, 1.82) is 0 Å². The van der Waals surface area contributed by atoms with Crippen LogP contribution in [0.3, 0.4) is 0 Å². The first-order valence-corrected chi connectivity index (χ1v) is 5.55. The van der Waals surface area contributed by atoms with E-state index in [2.05, 4.69) is 4.98 Å². The van der Waals surface area contributed by atoms with Gasteiger partial charge in [-0.15, -0.1) is 0 Å². The fraction of sp³-hybridized carbons (Fsp3) is 0.500. The number of aliphatic hydroxyl groups is 1. The average Bonchev–Trinajstić information content (AvgIpc) is 2.77. The van der Waals surface area contributed by atoms with E-state index in [-0.39, 0.29) is 11.9 Å². The Hall–Kier alpha value is -1.42. The maximum atomic E-state index is 11.5. The van der Waals surface area contributed by atoms with Crippen LogP contribution in [-0.2, 0) is 4.79 Å². The van der Waals surface area contributed by atoms with Gasteiger partial charge >= 0.3 is 0 Å². The molecule has 0 aromatic carbocycles. The van der Waals surface area contributed by atoms with Crippen LogP contribution in [0.4, 0.5) is 0 Å². The highest BCUT2D eigenvalue weighted by Crippen LogP contribution is 2.31. The Kier molecular flexibility index (Phi) is 3.19. The Morgan fingerprint density at radius 1 is 1.69 bits per heavy atom. The number of nitrogens with zero attached hydrogens (tertiary/aromatic N) is 2. The molecule has 1 atom stereocenters. The highest BCUT2D eigenvalue weighted by Gasteiger charge is 2.29. The molecule has 1 aromatic heterocycles. The molecule has 4 nitrogen and oxygen atoms in total. The second kappa shape index (κ2) is 4.61. The van der Waals surface area contributed by atoms with Crippen molar-refractivity contribution in [2.24, 2.45) is 0 Å².